The second kappa shape index (κ2) is 5.71. The van der Waals surface area contributed by atoms with E-state index >= 15 is 0 Å². The zero-order valence-corrected chi connectivity index (χ0v) is 10.6. The van der Waals surface area contributed by atoms with Crippen molar-refractivity contribution in [2.75, 3.05) is 19.6 Å². The number of nitrogens with zero attached hydrogens (tertiary/aromatic N) is 2. The first-order valence-electron chi connectivity index (χ1n) is 6.40. The maximum atomic E-state index is 12.5. The summed E-state index contributed by atoms with van der Waals surface area (Å²) in [6, 6.07) is 3.65. The van der Waals surface area contributed by atoms with Crippen LogP contribution in [-0.2, 0) is 9.59 Å². The second-order valence-electron chi connectivity index (χ2n) is 4.54. The molecule has 1 N–H and O–H groups in total. The highest BCUT2D eigenvalue weighted by Gasteiger charge is 2.27. The zero-order valence-electron chi connectivity index (χ0n) is 10.6. The Morgan fingerprint density at radius 1 is 1.44 bits per heavy atom. The van der Waals surface area contributed by atoms with Gasteiger partial charge in [-0.25, -0.2) is 0 Å². The molecule has 1 fully saturated rings. The molecule has 2 heterocycles. The molecule has 1 saturated heterocycles. The molecule has 0 spiro atoms. The minimum atomic E-state index is -0.184. The van der Waals surface area contributed by atoms with Crippen LogP contribution in [0, 0.1) is 0 Å². The van der Waals surface area contributed by atoms with Gasteiger partial charge in [0.2, 0.25) is 11.8 Å². The topological polar surface area (TPSA) is 54.3 Å². The maximum absolute atomic E-state index is 12.5. The van der Waals surface area contributed by atoms with Crippen molar-refractivity contribution in [3.05, 3.63) is 24.5 Å². The standard InChI is InChI=1S/C13H19N3O2/c1-2-5-11(15-7-3-4-8-15)13(18)16-9-6-14-12(17)10-16/h3-4,7-8,11H,2,5-6,9-10H2,1H3,(H,14,17). The molecule has 5 heteroatoms. The van der Waals surface area contributed by atoms with E-state index in [1.165, 1.54) is 0 Å². The summed E-state index contributed by atoms with van der Waals surface area (Å²) >= 11 is 0. The second-order valence-corrected chi connectivity index (χ2v) is 4.54. The number of amides is 2. The molecule has 5 nitrogen and oxygen atoms in total. The Hall–Kier alpha value is -1.78. The van der Waals surface area contributed by atoms with Gasteiger partial charge >= 0.3 is 0 Å². The molecule has 0 aromatic carbocycles. The minimum absolute atomic E-state index is 0.0444. The van der Waals surface area contributed by atoms with Gasteiger partial charge in [0.1, 0.15) is 6.04 Å². The third-order valence-corrected chi connectivity index (χ3v) is 3.18. The first-order chi connectivity index (χ1) is 8.72. The van der Waals surface area contributed by atoms with E-state index in [0.29, 0.717) is 13.1 Å². The normalized spacial score (nSPS) is 17.4. The van der Waals surface area contributed by atoms with Crippen LogP contribution in [0.2, 0.25) is 0 Å². The Kier molecular flexibility index (Phi) is 4.02. The number of carbonyl (C=O) groups excluding carboxylic acids is 2. The van der Waals surface area contributed by atoms with E-state index in [0.717, 1.165) is 12.8 Å². The highest BCUT2D eigenvalue weighted by atomic mass is 16.2. The van der Waals surface area contributed by atoms with Crippen molar-refractivity contribution in [1.82, 2.24) is 14.8 Å². The lowest BCUT2D eigenvalue weighted by atomic mass is 10.1. The van der Waals surface area contributed by atoms with Crippen LogP contribution in [0.15, 0.2) is 24.5 Å². The van der Waals surface area contributed by atoms with Crippen LogP contribution in [0.3, 0.4) is 0 Å². The van der Waals surface area contributed by atoms with Crippen LogP contribution < -0.4 is 5.32 Å². The number of piperazine rings is 1. The average Bonchev–Trinajstić information content (AvgIpc) is 2.89. The van der Waals surface area contributed by atoms with Gasteiger partial charge in [-0.15, -0.1) is 0 Å². The van der Waals surface area contributed by atoms with E-state index in [4.69, 9.17) is 0 Å². The van der Waals surface area contributed by atoms with Gasteiger partial charge in [0.25, 0.3) is 0 Å². The molecule has 1 aromatic heterocycles. The Balaban J connectivity index is 2.10. The summed E-state index contributed by atoms with van der Waals surface area (Å²) in [5.74, 6) is -0.0275. The third kappa shape index (κ3) is 2.72. The third-order valence-electron chi connectivity index (χ3n) is 3.18. The number of hydrogen-bond acceptors (Lipinski definition) is 2. The predicted molar refractivity (Wildman–Crippen MR) is 68.0 cm³/mol. The lowest BCUT2D eigenvalue weighted by Gasteiger charge is -2.30. The first-order valence-corrected chi connectivity index (χ1v) is 6.40. The lowest BCUT2D eigenvalue weighted by Crippen LogP contribution is -2.51. The zero-order chi connectivity index (χ0) is 13.0. The van der Waals surface area contributed by atoms with Crippen molar-refractivity contribution in [1.29, 1.82) is 0 Å². The number of nitrogens with one attached hydrogen (secondary N) is 1. The highest BCUT2D eigenvalue weighted by molar-refractivity contribution is 5.87. The monoisotopic (exact) mass is 249 g/mol. The summed E-state index contributed by atoms with van der Waals surface area (Å²) in [5.41, 5.74) is 0. The molecule has 1 atom stereocenters. The molecular formula is C13H19N3O2. The van der Waals surface area contributed by atoms with Crippen LogP contribution >= 0.6 is 0 Å². The summed E-state index contributed by atoms with van der Waals surface area (Å²) in [7, 11) is 0. The fourth-order valence-electron chi connectivity index (χ4n) is 2.27. The highest BCUT2D eigenvalue weighted by Crippen LogP contribution is 2.17. The van der Waals surface area contributed by atoms with E-state index in [2.05, 4.69) is 12.2 Å². The molecule has 18 heavy (non-hydrogen) atoms. The smallest absolute Gasteiger partial charge is 0.246 e. The van der Waals surface area contributed by atoms with E-state index in [9.17, 15) is 9.59 Å². The summed E-state index contributed by atoms with van der Waals surface area (Å²) in [6.45, 7) is 3.40. The van der Waals surface area contributed by atoms with Gasteiger partial charge in [-0.05, 0) is 18.6 Å². The van der Waals surface area contributed by atoms with Crippen molar-refractivity contribution >= 4 is 11.8 Å². The number of aromatic nitrogens is 1. The molecule has 0 bridgehead atoms. The number of rotatable bonds is 4. The number of carbonyl (C=O) groups is 2. The van der Waals surface area contributed by atoms with Gasteiger partial charge < -0.3 is 14.8 Å². The molecule has 1 unspecified atom stereocenters. The van der Waals surface area contributed by atoms with E-state index < -0.39 is 0 Å². The van der Waals surface area contributed by atoms with Gasteiger partial charge in [-0.3, -0.25) is 9.59 Å². The van der Waals surface area contributed by atoms with Crippen LogP contribution in [0.1, 0.15) is 25.8 Å². The van der Waals surface area contributed by atoms with E-state index in [-0.39, 0.29) is 24.4 Å². The molecule has 0 radical (unpaired) electrons. The quantitative estimate of drug-likeness (QED) is 0.857. The average molecular weight is 249 g/mol. The van der Waals surface area contributed by atoms with Crippen LogP contribution in [0.25, 0.3) is 0 Å². The van der Waals surface area contributed by atoms with E-state index in [1.54, 1.807) is 4.90 Å². The summed E-state index contributed by atoms with van der Waals surface area (Å²) in [4.78, 5) is 25.4. The van der Waals surface area contributed by atoms with Crippen molar-refractivity contribution in [2.24, 2.45) is 0 Å². The molecule has 1 aliphatic heterocycles. The summed E-state index contributed by atoms with van der Waals surface area (Å²) in [5, 5.41) is 2.73. The van der Waals surface area contributed by atoms with E-state index in [1.807, 2.05) is 29.1 Å². The van der Waals surface area contributed by atoms with Gasteiger partial charge in [-0.1, -0.05) is 13.3 Å². The molecule has 98 valence electrons. The van der Waals surface area contributed by atoms with Gasteiger partial charge in [0.05, 0.1) is 6.54 Å². The molecule has 2 amide bonds. The summed E-state index contributed by atoms with van der Waals surface area (Å²) < 4.78 is 1.93. The van der Waals surface area contributed by atoms with Crippen molar-refractivity contribution in [2.45, 2.75) is 25.8 Å². The minimum Gasteiger partial charge on any atom is -0.353 e. The Labute approximate surface area is 107 Å². The Morgan fingerprint density at radius 3 is 2.78 bits per heavy atom. The molecule has 1 aromatic rings. The first kappa shape index (κ1) is 12.7. The predicted octanol–water partition coefficient (Wildman–Crippen LogP) is 0.788. The Bertz CT molecular complexity index is 414. The summed E-state index contributed by atoms with van der Waals surface area (Å²) in [6.07, 6.45) is 5.55. The Morgan fingerprint density at radius 2 is 2.17 bits per heavy atom. The van der Waals surface area contributed by atoms with Crippen LogP contribution in [-0.4, -0.2) is 40.9 Å². The van der Waals surface area contributed by atoms with Gasteiger partial charge in [0, 0.05) is 25.5 Å². The van der Waals surface area contributed by atoms with Gasteiger partial charge in [0.15, 0.2) is 0 Å². The SMILES string of the molecule is CCCC(C(=O)N1CCNC(=O)C1)n1cccc1. The van der Waals surface area contributed by atoms with Crippen molar-refractivity contribution in [3.8, 4) is 0 Å². The lowest BCUT2D eigenvalue weighted by molar-refractivity contribution is -0.141. The molecule has 1 aliphatic rings. The van der Waals surface area contributed by atoms with Crippen molar-refractivity contribution in [3.63, 3.8) is 0 Å². The maximum Gasteiger partial charge on any atom is 0.246 e. The molecule has 0 aliphatic carbocycles. The fraction of sp³-hybridized carbons (Fsp3) is 0.538. The van der Waals surface area contributed by atoms with Crippen LogP contribution in [0.4, 0.5) is 0 Å². The van der Waals surface area contributed by atoms with Crippen LogP contribution in [0.5, 0.6) is 0 Å². The fourth-order valence-corrected chi connectivity index (χ4v) is 2.27. The van der Waals surface area contributed by atoms with Crippen molar-refractivity contribution < 1.29 is 9.59 Å². The molecular weight excluding hydrogens is 230 g/mol. The number of hydrogen-bond donors (Lipinski definition) is 1. The molecule has 2 rings (SSSR count). The largest absolute Gasteiger partial charge is 0.353 e. The van der Waals surface area contributed by atoms with Gasteiger partial charge in [-0.2, -0.15) is 0 Å². The molecule has 0 saturated carbocycles.